The van der Waals surface area contributed by atoms with E-state index in [4.69, 9.17) is 11.6 Å². The number of piperazine rings is 1. The molecule has 1 aliphatic rings. The number of benzene rings is 1. The normalized spacial score (nSPS) is 17.9. The number of carbonyl (C=O) groups excluding carboxylic acids is 1. The van der Waals surface area contributed by atoms with Gasteiger partial charge in [0.05, 0.1) is 6.10 Å². The molecular weight excluding hydrogens is 314 g/mol. The maximum atomic E-state index is 11.9. The highest BCUT2D eigenvalue weighted by atomic mass is 35.5. The number of hydrogen-bond donors (Lipinski definition) is 2. The van der Waals surface area contributed by atoms with Gasteiger partial charge in [-0.2, -0.15) is 0 Å². The number of nitrogens with one attached hydrogen (secondary N) is 1. The number of likely N-dealkylation sites (N-methyl/N-ethyl adjacent to an activating group) is 1. The van der Waals surface area contributed by atoms with Gasteiger partial charge in [0.15, 0.2) is 0 Å². The summed E-state index contributed by atoms with van der Waals surface area (Å²) in [7, 11) is 0. The van der Waals surface area contributed by atoms with Gasteiger partial charge in [-0.15, -0.1) is 0 Å². The molecule has 1 saturated heterocycles. The maximum absolute atomic E-state index is 11.9. The van der Waals surface area contributed by atoms with Crippen molar-refractivity contribution in [1.29, 1.82) is 0 Å². The van der Waals surface area contributed by atoms with Crippen LogP contribution in [0, 0.1) is 0 Å². The van der Waals surface area contributed by atoms with Crippen molar-refractivity contribution in [1.82, 2.24) is 15.1 Å². The molecule has 0 saturated carbocycles. The van der Waals surface area contributed by atoms with Crippen molar-refractivity contribution >= 4 is 17.5 Å². The van der Waals surface area contributed by atoms with Crippen LogP contribution >= 0.6 is 11.6 Å². The number of halogens is 1. The fourth-order valence-corrected chi connectivity index (χ4v) is 3.00. The Morgan fingerprint density at radius 3 is 2.57 bits per heavy atom. The van der Waals surface area contributed by atoms with E-state index in [1.54, 1.807) is 12.1 Å². The van der Waals surface area contributed by atoms with Crippen LogP contribution in [0.15, 0.2) is 24.3 Å². The van der Waals surface area contributed by atoms with Gasteiger partial charge < -0.3 is 20.2 Å². The Kier molecular flexibility index (Phi) is 7.30. The first-order valence-corrected chi connectivity index (χ1v) is 8.62. The summed E-state index contributed by atoms with van der Waals surface area (Å²) in [5.41, 5.74) is 0.644. The second-order valence-electron chi connectivity index (χ2n) is 5.87. The number of amides is 1. The van der Waals surface area contributed by atoms with Gasteiger partial charge in [0, 0.05) is 56.3 Å². The third kappa shape index (κ3) is 5.77. The summed E-state index contributed by atoms with van der Waals surface area (Å²) in [5, 5.41) is 13.4. The number of aliphatic hydroxyl groups excluding tert-OH is 1. The standard InChI is InChI=1S/C17H26ClN3O2/c1-2-20-9-11-21(12-10-20)8-7-17(23)19-13-16(22)14-5-3-4-6-15(14)18/h3-6,16,22H,2,7-13H2,1H3,(H,19,23). The molecule has 1 aromatic rings. The first-order chi connectivity index (χ1) is 11.1. The van der Waals surface area contributed by atoms with Crippen LogP contribution in [0.5, 0.6) is 0 Å². The van der Waals surface area contributed by atoms with E-state index >= 15 is 0 Å². The number of aliphatic hydroxyl groups is 1. The molecule has 128 valence electrons. The van der Waals surface area contributed by atoms with Crippen LogP contribution < -0.4 is 5.32 Å². The van der Waals surface area contributed by atoms with Crippen molar-refractivity contribution in [2.45, 2.75) is 19.4 Å². The predicted octanol–water partition coefficient (Wildman–Crippen LogP) is 1.52. The van der Waals surface area contributed by atoms with Crippen LogP contribution in [0.2, 0.25) is 5.02 Å². The number of nitrogens with zero attached hydrogens (tertiary/aromatic N) is 2. The van der Waals surface area contributed by atoms with E-state index < -0.39 is 6.10 Å². The largest absolute Gasteiger partial charge is 0.387 e. The van der Waals surface area contributed by atoms with Crippen LogP contribution in [-0.4, -0.2) is 66.6 Å². The molecule has 6 heteroatoms. The summed E-state index contributed by atoms with van der Waals surface area (Å²) in [6.07, 6.45) is -0.317. The van der Waals surface area contributed by atoms with E-state index in [-0.39, 0.29) is 12.5 Å². The summed E-state index contributed by atoms with van der Waals surface area (Å²) in [5.74, 6) is -0.0333. The fourth-order valence-electron chi connectivity index (χ4n) is 2.74. The van der Waals surface area contributed by atoms with Crippen LogP contribution in [0.4, 0.5) is 0 Å². The zero-order valence-electron chi connectivity index (χ0n) is 13.7. The highest BCUT2D eigenvalue weighted by molar-refractivity contribution is 6.31. The second-order valence-corrected chi connectivity index (χ2v) is 6.27. The Balaban J connectivity index is 1.66. The summed E-state index contributed by atoms with van der Waals surface area (Å²) in [6, 6.07) is 7.14. The smallest absolute Gasteiger partial charge is 0.221 e. The van der Waals surface area contributed by atoms with Crippen LogP contribution in [0.3, 0.4) is 0 Å². The Labute approximate surface area is 143 Å². The lowest BCUT2D eigenvalue weighted by atomic mass is 10.1. The third-order valence-corrected chi connectivity index (χ3v) is 4.67. The van der Waals surface area contributed by atoms with E-state index in [0.29, 0.717) is 17.0 Å². The molecule has 1 heterocycles. The van der Waals surface area contributed by atoms with Gasteiger partial charge in [0.25, 0.3) is 0 Å². The lowest BCUT2D eigenvalue weighted by Gasteiger charge is -2.33. The Morgan fingerprint density at radius 1 is 1.26 bits per heavy atom. The molecule has 2 N–H and O–H groups in total. The average Bonchev–Trinajstić information content (AvgIpc) is 2.58. The molecule has 0 radical (unpaired) electrons. The molecule has 1 amide bonds. The van der Waals surface area contributed by atoms with Crippen LogP contribution in [0.25, 0.3) is 0 Å². The van der Waals surface area contributed by atoms with Gasteiger partial charge in [-0.25, -0.2) is 0 Å². The highest BCUT2D eigenvalue weighted by Crippen LogP contribution is 2.21. The van der Waals surface area contributed by atoms with Crippen LogP contribution in [0.1, 0.15) is 25.0 Å². The molecule has 23 heavy (non-hydrogen) atoms. The number of rotatable bonds is 7. The molecule has 2 rings (SSSR count). The van der Waals surface area contributed by atoms with E-state index in [9.17, 15) is 9.90 Å². The molecule has 1 atom stereocenters. The summed E-state index contributed by atoms with van der Waals surface area (Å²) < 4.78 is 0. The fraction of sp³-hybridized carbons (Fsp3) is 0.588. The molecule has 5 nitrogen and oxygen atoms in total. The molecule has 1 fully saturated rings. The van der Waals surface area contributed by atoms with Gasteiger partial charge in [0.1, 0.15) is 0 Å². The molecule has 1 aromatic carbocycles. The van der Waals surface area contributed by atoms with Crippen LogP contribution in [-0.2, 0) is 4.79 Å². The van der Waals surface area contributed by atoms with E-state index in [1.807, 2.05) is 12.1 Å². The Bertz CT molecular complexity index is 504. The highest BCUT2D eigenvalue weighted by Gasteiger charge is 2.17. The SMILES string of the molecule is CCN1CCN(CCC(=O)NCC(O)c2ccccc2Cl)CC1. The molecule has 0 bridgehead atoms. The minimum absolute atomic E-state index is 0.0333. The van der Waals surface area contributed by atoms with E-state index in [2.05, 4.69) is 22.0 Å². The molecule has 0 aromatic heterocycles. The van der Waals surface area contributed by atoms with Crippen molar-refractivity contribution < 1.29 is 9.90 Å². The summed E-state index contributed by atoms with van der Waals surface area (Å²) in [6.45, 7) is 8.40. The summed E-state index contributed by atoms with van der Waals surface area (Å²) >= 11 is 6.04. The van der Waals surface area contributed by atoms with Crippen molar-refractivity contribution in [2.24, 2.45) is 0 Å². The van der Waals surface area contributed by atoms with Gasteiger partial charge >= 0.3 is 0 Å². The monoisotopic (exact) mass is 339 g/mol. The van der Waals surface area contributed by atoms with Gasteiger partial charge in [-0.1, -0.05) is 36.7 Å². The first kappa shape index (κ1) is 18.2. The zero-order valence-corrected chi connectivity index (χ0v) is 14.4. The third-order valence-electron chi connectivity index (χ3n) is 4.32. The van der Waals surface area contributed by atoms with Crippen molar-refractivity contribution in [2.75, 3.05) is 45.8 Å². The van der Waals surface area contributed by atoms with Crippen molar-refractivity contribution in [3.8, 4) is 0 Å². The van der Waals surface area contributed by atoms with E-state index in [1.165, 1.54) is 0 Å². The molecule has 1 unspecified atom stereocenters. The minimum Gasteiger partial charge on any atom is -0.387 e. The number of carbonyl (C=O) groups is 1. The quantitative estimate of drug-likeness (QED) is 0.791. The lowest BCUT2D eigenvalue weighted by Crippen LogP contribution is -2.47. The van der Waals surface area contributed by atoms with Crippen molar-refractivity contribution in [3.63, 3.8) is 0 Å². The summed E-state index contributed by atoms with van der Waals surface area (Å²) in [4.78, 5) is 16.7. The first-order valence-electron chi connectivity index (χ1n) is 8.24. The average molecular weight is 340 g/mol. The predicted molar refractivity (Wildman–Crippen MR) is 92.6 cm³/mol. The van der Waals surface area contributed by atoms with Gasteiger partial charge in [-0.05, 0) is 12.6 Å². The topological polar surface area (TPSA) is 55.8 Å². The molecule has 0 spiro atoms. The van der Waals surface area contributed by atoms with Gasteiger partial charge in [-0.3, -0.25) is 4.79 Å². The lowest BCUT2D eigenvalue weighted by molar-refractivity contribution is -0.122. The Hall–Kier alpha value is -1.14. The second kappa shape index (κ2) is 9.23. The molecule has 0 aliphatic carbocycles. The zero-order chi connectivity index (χ0) is 16.7. The van der Waals surface area contributed by atoms with Gasteiger partial charge in [0.2, 0.25) is 5.91 Å². The minimum atomic E-state index is -0.777. The van der Waals surface area contributed by atoms with Crippen molar-refractivity contribution in [3.05, 3.63) is 34.9 Å². The Morgan fingerprint density at radius 2 is 1.91 bits per heavy atom. The molecule has 1 aliphatic heterocycles. The molecular formula is C17H26ClN3O2. The van der Waals surface area contributed by atoms with E-state index in [0.717, 1.165) is 39.3 Å². The maximum Gasteiger partial charge on any atom is 0.221 e. The number of hydrogen-bond acceptors (Lipinski definition) is 4.